The highest BCUT2D eigenvalue weighted by molar-refractivity contribution is 5.79. The van der Waals surface area contributed by atoms with Crippen LogP contribution in [0.15, 0.2) is 18.3 Å². The van der Waals surface area contributed by atoms with E-state index in [1.54, 1.807) is 12.3 Å². The number of nitriles is 1. The Kier molecular flexibility index (Phi) is 4.77. The molecule has 122 valence electrons. The third-order valence-electron chi connectivity index (χ3n) is 4.70. The lowest BCUT2D eigenvalue weighted by molar-refractivity contribution is -0.144. The lowest BCUT2D eigenvalue weighted by Crippen LogP contribution is -2.51. The Balaban J connectivity index is 1.57. The molecule has 2 saturated heterocycles. The van der Waals surface area contributed by atoms with Gasteiger partial charge < -0.3 is 14.5 Å². The monoisotopic (exact) mass is 314 g/mol. The van der Waals surface area contributed by atoms with Gasteiger partial charge >= 0.3 is 0 Å². The van der Waals surface area contributed by atoms with Crippen molar-refractivity contribution in [3.8, 4) is 6.07 Å². The molecule has 0 aliphatic carbocycles. The van der Waals surface area contributed by atoms with E-state index >= 15 is 0 Å². The maximum absolute atomic E-state index is 12.7. The van der Waals surface area contributed by atoms with Crippen LogP contribution in [0.3, 0.4) is 0 Å². The van der Waals surface area contributed by atoms with E-state index in [-0.39, 0.29) is 17.9 Å². The van der Waals surface area contributed by atoms with Crippen molar-refractivity contribution in [3.05, 3.63) is 23.9 Å². The van der Waals surface area contributed by atoms with Gasteiger partial charge in [0.25, 0.3) is 0 Å². The summed E-state index contributed by atoms with van der Waals surface area (Å²) in [5.74, 6) is 1.26. The molecule has 2 aliphatic heterocycles. The normalized spacial score (nSPS) is 22.7. The summed E-state index contributed by atoms with van der Waals surface area (Å²) in [6.45, 7) is 5.69. The van der Waals surface area contributed by atoms with E-state index in [2.05, 4.69) is 16.0 Å². The van der Waals surface area contributed by atoms with Gasteiger partial charge in [-0.25, -0.2) is 4.98 Å². The molecule has 2 fully saturated rings. The maximum Gasteiger partial charge on any atom is 0.226 e. The summed E-state index contributed by atoms with van der Waals surface area (Å²) in [5.41, 5.74) is 0.570. The molecular weight excluding hydrogens is 292 g/mol. The molecule has 0 bridgehead atoms. The first-order valence-corrected chi connectivity index (χ1v) is 8.18. The van der Waals surface area contributed by atoms with E-state index in [0.29, 0.717) is 25.3 Å². The average Bonchev–Trinajstić information content (AvgIpc) is 2.62. The molecule has 23 heavy (non-hydrogen) atoms. The van der Waals surface area contributed by atoms with Gasteiger partial charge in [0.05, 0.1) is 24.8 Å². The minimum atomic E-state index is 0.102. The Morgan fingerprint density at radius 3 is 2.74 bits per heavy atom. The van der Waals surface area contributed by atoms with Gasteiger partial charge in [-0.05, 0) is 31.9 Å². The quantitative estimate of drug-likeness (QED) is 0.825. The van der Waals surface area contributed by atoms with Gasteiger partial charge in [-0.2, -0.15) is 5.26 Å². The summed E-state index contributed by atoms with van der Waals surface area (Å²) in [7, 11) is 0. The first-order valence-electron chi connectivity index (χ1n) is 8.18. The third-order valence-corrected chi connectivity index (χ3v) is 4.70. The van der Waals surface area contributed by atoms with Crippen LogP contribution in [0.2, 0.25) is 0 Å². The molecule has 3 rings (SSSR count). The molecule has 6 heteroatoms. The molecular formula is C17H22N4O2. The molecule has 1 aromatic rings. The number of morpholine rings is 1. The second-order valence-corrected chi connectivity index (χ2v) is 6.23. The third kappa shape index (κ3) is 3.45. The fourth-order valence-electron chi connectivity index (χ4n) is 3.28. The molecule has 0 radical (unpaired) electrons. The van der Waals surface area contributed by atoms with Gasteiger partial charge in [-0.1, -0.05) is 0 Å². The lowest BCUT2D eigenvalue weighted by atomic mass is 9.94. The van der Waals surface area contributed by atoms with Crippen LogP contribution in [-0.2, 0) is 9.53 Å². The van der Waals surface area contributed by atoms with Crippen molar-refractivity contribution in [2.24, 2.45) is 5.92 Å². The van der Waals surface area contributed by atoms with E-state index in [1.807, 2.05) is 17.9 Å². The fourth-order valence-corrected chi connectivity index (χ4v) is 3.28. The molecule has 1 amide bonds. The van der Waals surface area contributed by atoms with Crippen LogP contribution in [0.4, 0.5) is 5.82 Å². The summed E-state index contributed by atoms with van der Waals surface area (Å²) in [6.07, 6.45) is 3.30. The maximum atomic E-state index is 12.7. The Morgan fingerprint density at radius 2 is 2.13 bits per heavy atom. The minimum Gasteiger partial charge on any atom is -0.377 e. The van der Waals surface area contributed by atoms with Crippen molar-refractivity contribution in [1.29, 1.82) is 5.26 Å². The molecule has 1 aromatic heterocycles. The van der Waals surface area contributed by atoms with Crippen molar-refractivity contribution in [2.75, 3.05) is 37.7 Å². The van der Waals surface area contributed by atoms with Crippen LogP contribution < -0.4 is 4.90 Å². The van der Waals surface area contributed by atoms with E-state index in [4.69, 9.17) is 10.00 Å². The molecule has 6 nitrogen and oxygen atoms in total. The van der Waals surface area contributed by atoms with Crippen LogP contribution in [-0.4, -0.2) is 54.7 Å². The molecule has 0 spiro atoms. The van der Waals surface area contributed by atoms with Crippen LogP contribution in [0.5, 0.6) is 0 Å². The Bertz CT molecular complexity index is 588. The van der Waals surface area contributed by atoms with E-state index in [0.717, 1.165) is 31.7 Å². The van der Waals surface area contributed by atoms with Gasteiger partial charge in [0, 0.05) is 31.7 Å². The number of pyridine rings is 1. The summed E-state index contributed by atoms with van der Waals surface area (Å²) >= 11 is 0. The number of nitrogens with zero attached hydrogens (tertiary/aromatic N) is 4. The topological polar surface area (TPSA) is 69.5 Å². The minimum absolute atomic E-state index is 0.102. The predicted molar refractivity (Wildman–Crippen MR) is 85.9 cm³/mol. The van der Waals surface area contributed by atoms with Gasteiger partial charge in [0.15, 0.2) is 0 Å². The second kappa shape index (κ2) is 6.97. The summed E-state index contributed by atoms with van der Waals surface area (Å²) in [5, 5.41) is 8.83. The van der Waals surface area contributed by atoms with Gasteiger partial charge in [0.1, 0.15) is 11.9 Å². The number of aromatic nitrogens is 1. The first kappa shape index (κ1) is 15.8. The van der Waals surface area contributed by atoms with Crippen molar-refractivity contribution in [2.45, 2.75) is 25.8 Å². The lowest BCUT2D eigenvalue weighted by Gasteiger charge is -2.38. The summed E-state index contributed by atoms with van der Waals surface area (Å²) in [4.78, 5) is 21.2. The van der Waals surface area contributed by atoms with Gasteiger partial charge in [0.2, 0.25) is 5.91 Å². The standard InChI is InChI=1S/C17H22N4O2/c1-13-12-23-9-8-21(13)17(22)15-4-6-20(7-5-15)16-3-2-14(10-18)11-19-16/h2-3,11,13,15H,4-9,12H2,1H3. The summed E-state index contributed by atoms with van der Waals surface area (Å²) < 4.78 is 5.41. The van der Waals surface area contributed by atoms with Crippen molar-refractivity contribution in [3.63, 3.8) is 0 Å². The molecule has 1 unspecified atom stereocenters. The predicted octanol–water partition coefficient (Wildman–Crippen LogP) is 1.42. The number of piperidine rings is 1. The number of hydrogen-bond acceptors (Lipinski definition) is 5. The largest absolute Gasteiger partial charge is 0.377 e. The first-order chi connectivity index (χ1) is 11.2. The summed E-state index contributed by atoms with van der Waals surface area (Å²) in [6, 6.07) is 5.92. The van der Waals surface area contributed by atoms with Gasteiger partial charge in [-0.15, -0.1) is 0 Å². The highest BCUT2D eigenvalue weighted by Gasteiger charge is 2.32. The van der Waals surface area contributed by atoms with Crippen LogP contribution in [0.1, 0.15) is 25.3 Å². The van der Waals surface area contributed by atoms with E-state index in [9.17, 15) is 4.79 Å². The molecule has 1 atom stereocenters. The number of amides is 1. The second-order valence-electron chi connectivity index (χ2n) is 6.23. The highest BCUT2D eigenvalue weighted by Crippen LogP contribution is 2.24. The van der Waals surface area contributed by atoms with E-state index < -0.39 is 0 Å². The number of anilines is 1. The Hall–Kier alpha value is -2.13. The van der Waals surface area contributed by atoms with Crippen LogP contribution in [0.25, 0.3) is 0 Å². The molecule has 0 N–H and O–H groups in total. The highest BCUT2D eigenvalue weighted by atomic mass is 16.5. The SMILES string of the molecule is CC1COCCN1C(=O)C1CCN(c2ccc(C#N)cn2)CC1. The number of carbonyl (C=O) groups is 1. The number of ether oxygens (including phenoxy) is 1. The van der Waals surface area contributed by atoms with Gasteiger partial charge in [-0.3, -0.25) is 4.79 Å². The number of rotatable bonds is 2. The van der Waals surface area contributed by atoms with Crippen LogP contribution >= 0.6 is 0 Å². The molecule has 0 saturated carbocycles. The smallest absolute Gasteiger partial charge is 0.226 e. The zero-order valence-electron chi connectivity index (χ0n) is 13.4. The average molecular weight is 314 g/mol. The fraction of sp³-hybridized carbons (Fsp3) is 0.588. The number of carbonyl (C=O) groups excluding carboxylic acids is 1. The van der Waals surface area contributed by atoms with Crippen molar-refractivity contribution in [1.82, 2.24) is 9.88 Å². The Morgan fingerprint density at radius 1 is 1.35 bits per heavy atom. The number of hydrogen-bond donors (Lipinski definition) is 0. The zero-order valence-corrected chi connectivity index (χ0v) is 13.4. The molecule has 2 aliphatic rings. The van der Waals surface area contributed by atoms with Crippen LogP contribution in [0, 0.1) is 17.2 Å². The molecule has 0 aromatic carbocycles. The van der Waals surface area contributed by atoms with Crippen molar-refractivity contribution >= 4 is 11.7 Å². The Labute approximate surface area is 136 Å². The molecule has 3 heterocycles. The van der Waals surface area contributed by atoms with Crippen molar-refractivity contribution < 1.29 is 9.53 Å². The zero-order chi connectivity index (χ0) is 16.2. The van der Waals surface area contributed by atoms with E-state index in [1.165, 1.54) is 0 Å².